The summed E-state index contributed by atoms with van der Waals surface area (Å²) in [5.74, 6) is 5.52. The molecule has 1 N–H and O–H groups in total. The molecular formula is C29H33NO5. The van der Waals surface area contributed by atoms with E-state index in [4.69, 9.17) is 14.6 Å². The number of carboxylic acids is 1. The highest BCUT2D eigenvalue weighted by atomic mass is 16.5. The van der Waals surface area contributed by atoms with Gasteiger partial charge in [0.1, 0.15) is 0 Å². The molecule has 35 heavy (non-hydrogen) atoms. The Morgan fingerprint density at radius 1 is 1.00 bits per heavy atom. The molecule has 0 bridgehead atoms. The first-order valence-electron chi connectivity index (χ1n) is 12.4. The van der Waals surface area contributed by atoms with Gasteiger partial charge in [-0.3, -0.25) is 14.5 Å². The summed E-state index contributed by atoms with van der Waals surface area (Å²) >= 11 is 0. The highest BCUT2D eigenvalue weighted by Crippen LogP contribution is 2.34. The summed E-state index contributed by atoms with van der Waals surface area (Å²) in [5.41, 5.74) is 3.43. The SMILES string of the molecule is O=C(O)CCC#CCC[C@H]1[C@@H](OCc2ccc(-c3ccccc3)cc2)CC(=O)[C@@H]1N1CCOCC1. The molecule has 1 heterocycles. The number of Topliss-reactive ketones (excluding diaryl/α,β-unsaturated/α-hetero) is 1. The summed E-state index contributed by atoms with van der Waals surface area (Å²) < 4.78 is 11.8. The van der Waals surface area contributed by atoms with Crippen LogP contribution in [-0.2, 0) is 25.7 Å². The van der Waals surface area contributed by atoms with Crippen molar-refractivity contribution in [2.75, 3.05) is 26.3 Å². The Bertz CT molecular complexity index is 1030. The van der Waals surface area contributed by atoms with E-state index in [9.17, 15) is 9.59 Å². The molecule has 0 radical (unpaired) electrons. The van der Waals surface area contributed by atoms with Gasteiger partial charge in [-0.2, -0.15) is 0 Å². The van der Waals surface area contributed by atoms with E-state index in [1.54, 1.807) is 0 Å². The molecule has 184 valence electrons. The van der Waals surface area contributed by atoms with Crippen LogP contribution in [0, 0.1) is 17.8 Å². The minimum absolute atomic E-state index is 0.0557. The van der Waals surface area contributed by atoms with Gasteiger partial charge >= 0.3 is 5.97 Å². The Morgan fingerprint density at radius 3 is 2.40 bits per heavy atom. The summed E-state index contributed by atoms with van der Waals surface area (Å²) in [6.45, 7) is 3.26. The molecule has 6 nitrogen and oxygen atoms in total. The van der Waals surface area contributed by atoms with Crippen LogP contribution >= 0.6 is 0 Å². The van der Waals surface area contributed by atoms with E-state index >= 15 is 0 Å². The average molecular weight is 476 g/mol. The van der Waals surface area contributed by atoms with E-state index in [0.29, 0.717) is 39.1 Å². The van der Waals surface area contributed by atoms with Gasteiger partial charge < -0.3 is 14.6 Å². The topological polar surface area (TPSA) is 76.1 Å². The summed E-state index contributed by atoms with van der Waals surface area (Å²) in [5, 5.41) is 8.77. The van der Waals surface area contributed by atoms with Crippen molar-refractivity contribution in [1.29, 1.82) is 0 Å². The van der Waals surface area contributed by atoms with Crippen molar-refractivity contribution >= 4 is 11.8 Å². The van der Waals surface area contributed by atoms with E-state index in [1.807, 2.05) is 18.2 Å². The maximum Gasteiger partial charge on any atom is 0.304 e. The molecular weight excluding hydrogens is 442 g/mol. The molecule has 2 aromatic carbocycles. The minimum Gasteiger partial charge on any atom is -0.481 e. The Morgan fingerprint density at radius 2 is 1.69 bits per heavy atom. The number of aliphatic carboxylic acids is 1. The molecule has 2 fully saturated rings. The van der Waals surface area contributed by atoms with E-state index in [2.05, 4.69) is 53.1 Å². The third kappa shape index (κ3) is 7.02. The lowest BCUT2D eigenvalue weighted by Crippen LogP contribution is -2.49. The lowest BCUT2D eigenvalue weighted by Gasteiger charge is -2.35. The molecule has 0 spiro atoms. The zero-order valence-electron chi connectivity index (χ0n) is 20.0. The van der Waals surface area contributed by atoms with Gasteiger partial charge in [0.05, 0.1) is 38.4 Å². The Balaban J connectivity index is 1.39. The lowest BCUT2D eigenvalue weighted by molar-refractivity contribution is -0.136. The van der Waals surface area contributed by atoms with Crippen LogP contribution in [0.15, 0.2) is 54.6 Å². The van der Waals surface area contributed by atoms with Crippen molar-refractivity contribution in [1.82, 2.24) is 4.90 Å². The number of carbonyl (C=O) groups is 2. The number of hydrogen-bond acceptors (Lipinski definition) is 5. The number of nitrogens with zero attached hydrogens (tertiary/aromatic N) is 1. The van der Waals surface area contributed by atoms with Crippen LogP contribution in [0.1, 0.15) is 37.7 Å². The van der Waals surface area contributed by atoms with Crippen molar-refractivity contribution in [2.45, 2.75) is 50.9 Å². The fourth-order valence-corrected chi connectivity index (χ4v) is 4.98. The number of rotatable bonds is 9. The predicted octanol–water partition coefficient (Wildman–Crippen LogP) is 4.18. The molecule has 2 aromatic rings. The molecule has 2 aliphatic rings. The first kappa shape index (κ1) is 25.1. The monoisotopic (exact) mass is 475 g/mol. The molecule has 0 aromatic heterocycles. The molecule has 4 rings (SSSR count). The quantitative estimate of drug-likeness (QED) is 0.549. The van der Waals surface area contributed by atoms with E-state index < -0.39 is 5.97 Å². The van der Waals surface area contributed by atoms with Crippen LogP contribution in [-0.4, -0.2) is 60.2 Å². The van der Waals surface area contributed by atoms with Crippen LogP contribution in [0.2, 0.25) is 0 Å². The largest absolute Gasteiger partial charge is 0.481 e. The van der Waals surface area contributed by atoms with Gasteiger partial charge in [-0.05, 0) is 23.1 Å². The second kappa shape index (κ2) is 12.6. The number of ketones is 1. The smallest absolute Gasteiger partial charge is 0.304 e. The normalized spacial score (nSPS) is 22.5. The number of ether oxygens (including phenoxy) is 2. The number of benzene rings is 2. The van der Waals surface area contributed by atoms with Gasteiger partial charge in [-0.25, -0.2) is 0 Å². The molecule has 1 aliphatic heterocycles. The Kier molecular flexibility index (Phi) is 9.08. The molecule has 0 amide bonds. The van der Waals surface area contributed by atoms with Crippen LogP contribution in [0.25, 0.3) is 11.1 Å². The zero-order chi connectivity index (χ0) is 24.5. The van der Waals surface area contributed by atoms with Gasteiger partial charge in [0.2, 0.25) is 0 Å². The van der Waals surface area contributed by atoms with Gasteiger partial charge in [0, 0.05) is 38.3 Å². The predicted molar refractivity (Wildman–Crippen MR) is 134 cm³/mol. The third-order valence-corrected chi connectivity index (χ3v) is 6.77. The maximum absolute atomic E-state index is 13.1. The third-order valence-electron chi connectivity index (χ3n) is 6.77. The molecule has 1 saturated heterocycles. The van der Waals surface area contributed by atoms with Crippen LogP contribution in [0.5, 0.6) is 0 Å². The first-order valence-corrected chi connectivity index (χ1v) is 12.4. The van der Waals surface area contributed by atoms with Gasteiger partial charge in [0.15, 0.2) is 5.78 Å². The van der Waals surface area contributed by atoms with Gasteiger partial charge in [0.25, 0.3) is 0 Å². The van der Waals surface area contributed by atoms with Crippen molar-refractivity contribution in [3.8, 4) is 23.0 Å². The standard InChI is InChI=1S/C29H33NO5/c31-26-20-27(35-21-22-12-14-24(15-13-22)23-8-4-3-5-9-23)25(10-6-1-2-7-11-28(32)33)29(26)30-16-18-34-19-17-30/h3-5,8-9,12-15,25,27,29H,6-7,10-11,16-21H2,(H,32,33)/t25-,27-,29+/m0/s1. The minimum atomic E-state index is -0.835. The fourth-order valence-electron chi connectivity index (χ4n) is 4.98. The number of carbonyl (C=O) groups excluding carboxylic acids is 1. The van der Waals surface area contributed by atoms with Gasteiger partial charge in [-0.1, -0.05) is 54.6 Å². The molecule has 6 heteroatoms. The average Bonchev–Trinajstić information content (AvgIpc) is 3.20. The van der Waals surface area contributed by atoms with Crippen molar-refractivity contribution < 1.29 is 24.2 Å². The van der Waals surface area contributed by atoms with E-state index in [0.717, 1.165) is 30.6 Å². The van der Waals surface area contributed by atoms with Gasteiger partial charge in [-0.15, -0.1) is 11.8 Å². The summed E-state index contributed by atoms with van der Waals surface area (Å²) in [7, 11) is 0. The van der Waals surface area contributed by atoms with Crippen molar-refractivity contribution in [3.05, 3.63) is 60.2 Å². The van der Waals surface area contributed by atoms with Crippen LogP contribution in [0.4, 0.5) is 0 Å². The summed E-state index contributed by atoms with van der Waals surface area (Å²) in [6, 6.07) is 18.5. The number of hydrogen-bond donors (Lipinski definition) is 1. The van der Waals surface area contributed by atoms with Crippen molar-refractivity contribution in [3.63, 3.8) is 0 Å². The number of carboxylic acid groups (broad SMARTS) is 1. The van der Waals surface area contributed by atoms with Crippen LogP contribution in [0.3, 0.4) is 0 Å². The second-order valence-electron chi connectivity index (χ2n) is 9.13. The van der Waals surface area contributed by atoms with Crippen molar-refractivity contribution in [2.24, 2.45) is 5.92 Å². The highest BCUT2D eigenvalue weighted by Gasteiger charge is 2.45. The molecule has 0 unspecified atom stereocenters. The Labute approximate surface area is 207 Å². The van der Waals surface area contributed by atoms with E-state index in [1.165, 1.54) is 5.56 Å². The zero-order valence-corrected chi connectivity index (χ0v) is 20.0. The fraction of sp³-hybridized carbons (Fsp3) is 0.448. The van der Waals surface area contributed by atoms with E-state index in [-0.39, 0.29) is 30.3 Å². The number of morpholine rings is 1. The molecule has 1 aliphatic carbocycles. The molecule has 3 atom stereocenters. The second-order valence-corrected chi connectivity index (χ2v) is 9.13. The molecule has 1 saturated carbocycles. The highest BCUT2D eigenvalue weighted by molar-refractivity contribution is 5.87. The van der Waals surface area contributed by atoms with Crippen LogP contribution < -0.4 is 0 Å². The lowest BCUT2D eigenvalue weighted by atomic mass is 9.94. The first-order chi connectivity index (χ1) is 17.1. The summed E-state index contributed by atoms with van der Waals surface area (Å²) in [6.07, 6.45) is 2.06. The summed E-state index contributed by atoms with van der Waals surface area (Å²) in [4.78, 5) is 26.0. The maximum atomic E-state index is 13.1. The Hall–Kier alpha value is -2.98.